The molecule has 1 saturated carbocycles. The van der Waals surface area contributed by atoms with Crippen molar-refractivity contribution in [3.05, 3.63) is 6.33 Å². The van der Waals surface area contributed by atoms with E-state index in [1.807, 2.05) is 0 Å². The lowest BCUT2D eigenvalue weighted by Gasteiger charge is -2.32. The normalized spacial score (nSPS) is 18.3. The molecule has 0 amide bonds. The van der Waals surface area contributed by atoms with E-state index in [0.29, 0.717) is 23.9 Å². The van der Waals surface area contributed by atoms with Crippen LogP contribution < -0.4 is 15.8 Å². The zero-order chi connectivity index (χ0) is 13.0. The Kier molecular flexibility index (Phi) is 3.86. The quantitative estimate of drug-likeness (QED) is 0.745. The first kappa shape index (κ1) is 12.9. The largest absolute Gasteiger partial charge is 0.479 e. The maximum Gasteiger partial charge on any atom is 0.242 e. The average molecular weight is 252 g/mol. The Balaban J connectivity index is 2.01. The van der Waals surface area contributed by atoms with E-state index in [1.165, 1.54) is 19.9 Å². The second kappa shape index (κ2) is 5.39. The molecule has 1 fully saturated rings. The van der Waals surface area contributed by atoms with E-state index in [4.69, 9.17) is 10.5 Å². The fourth-order valence-corrected chi connectivity index (χ4v) is 2.32. The summed E-state index contributed by atoms with van der Waals surface area (Å²) in [5.41, 5.74) is 5.58. The van der Waals surface area contributed by atoms with Crippen molar-refractivity contribution >= 4 is 11.5 Å². The average Bonchev–Trinajstić information content (AvgIpc) is 2.38. The zero-order valence-corrected chi connectivity index (χ0v) is 10.6. The third kappa shape index (κ3) is 2.81. The van der Waals surface area contributed by atoms with Gasteiger partial charge in [-0.2, -0.15) is 4.98 Å². The molecule has 1 heterocycles. The molecule has 4 N–H and O–H groups in total. The van der Waals surface area contributed by atoms with Crippen LogP contribution in [0.3, 0.4) is 0 Å². The highest BCUT2D eigenvalue weighted by atomic mass is 16.5. The lowest BCUT2D eigenvalue weighted by atomic mass is 9.85. The van der Waals surface area contributed by atoms with Gasteiger partial charge in [-0.25, -0.2) is 4.98 Å². The van der Waals surface area contributed by atoms with Crippen molar-refractivity contribution in [1.82, 2.24) is 9.97 Å². The van der Waals surface area contributed by atoms with Crippen LogP contribution in [0.2, 0.25) is 0 Å². The summed E-state index contributed by atoms with van der Waals surface area (Å²) in [5, 5.41) is 13.5. The van der Waals surface area contributed by atoms with E-state index in [1.54, 1.807) is 0 Å². The number of hydrogen-bond donors (Lipinski definition) is 3. The second-order valence-corrected chi connectivity index (χ2v) is 4.78. The number of nitrogens with one attached hydrogen (secondary N) is 1. The molecule has 0 saturated heterocycles. The van der Waals surface area contributed by atoms with Gasteiger partial charge in [0.25, 0.3) is 0 Å². The summed E-state index contributed by atoms with van der Waals surface area (Å²) in [4.78, 5) is 7.97. The van der Waals surface area contributed by atoms with Crippen molar-refractivity contribution in [1.29, 1.82) is 0 Å². The number of aliphatic hydroxyl groups is 1. The molecule has 6 nitrogen and oxygen atoms in total. The van der Waals surface area contributed by atoms with Crippen molar-refractivity contribution in [2.24, 2.45) is 0 Å². The van der Waals surface area contributed by atoms with Gasteiger partial charge in [0, 0.05) is 6.54 Å². The van der Waals surface area contributed by atoms with Crippen LogP contribution in [0.4, 0.5) is 11.5 Å². The number of nitrogens with zero attached hydrogens (tertiary/aromatic N) is 2. The van der Waals surface area contributed by atoms with Crippen LogP contribution in [-0.4, -0.2) is 34.3 Å². The number of rotatable bonds is 4. The summed E-state index contributed by atoms with van der Waals surface area (Å²) < 4.78 is 5.02. The van der Waals surface area contributed by atoms with Gasteiger partial charge in [0.15, 0.2) is 5.82 Å². The summed E-state index contributed by atoms with van der Waals surface area (Å²) in [5.74, 6) is 0.865. The number of ether oxygens (including phenoxy) is 1. The number of hydrogen-bond acceptors (Lipinski definition) is 6. The summed E-state index contributed by atoms with van der Waals surface area (Å²) in [6.07, 6.45) is 6.37. The molecule has 0 aliphatic heterocycles. The standard InChI is InChI=1S/C12H20N4O2/c1-18-11-9(13)10(15-8-16-11)14-7-12(17)5-3-2-4-6-12/h8,17H,2-7,13H2,1H3,(H,14,15,16). The third-order valence-corrected chi connectivity index (χ3v) is 3.41. The van der Waals surface area contributed by atoms with Gasteiger partial charge in [-0.3, -0.25) is 0 Å². The smallest absolute Gasteiger partial charge is 0.242 e. The second-order valence-electron chi connectivity index (χ2n) is 4.78. The molecular weight excluding hydrogens is 232 g/mol. The van der Waals surface area contributed by atoms with Crippen LogP contribution in [-0.2, 0) is 0 Å². The van der Waals surface area contributed by atoms with Gasteiger partial charge in [-0.15, -0.1) is 0 Å². The highest BCUT2D eigenvalue weighted by molar-refractivity contribution is 5.66. The Morgan fingerprint density at radius 2 is 2.11 bits per heavy atom. The predicted molar refractivity (Wildman–Crippen MR) is 69.5 cm³/mol. The summed E-state index contributed by atoms with van der Waals surface area (Å²) in [6, 6.07) is 0. The van der Waals surface area contributed by atoms with E-state index in [2.05, 4.69) is 15.3 Å². The first-order valence-electron chi connectivity index (χ1n) is 6.25. The minimum Gasteiger partial charge on any atom is -0.479 e. The van der Waals surface area contributed by atoms with Crippen LogP contribution >= 0.6 is 0 Å². The van der Waals surface area contributed by atoms with Gasteiger partial charge in [-0.1, -0.05) is 19.3 Å². The number of anilines is 2. The Morgan fingerprint density at radius 3 is 2.78 bits per heavy atom. The van der Waals surface area contributed by atoms with Gasteiger partial charge in [0.2, 0.25) is 5.88 Å². The van der Waals surface area contributed by atoms with Crippen LogP contribution in [0.25, 0.3) is 0 Å². The Bertz CT molecular complexity index is 405. The molecule has 0 unspecified atom stereocenters. The first-order valence-corrected chi connectivity index (χ1v) is 6.25. The van der Waals surface area contributed by atoms with Crippen LogP contribution in [0.15, 0.2) is 6.33 Å². The molecule has 0 bridgehead atoms. The molecule has 100 valence electrons. The van der Waals surface area contributed by atoms with E-state index >= 15 is 0 Å². The molecule has 1 aliphatic rings. The molecule has 0 aromatic carbocycles. The van der Waals surface area contributed by atoms with Crippen molar-refractivity contribution in [2.75, 3.05) is 24.7 Å². The Morgan fingerprint density at radius 1 is 1.39 bits per heavy atom. The molecule has 1 aromatic rings. The number of nitrogen functional groups attached to an aromatic ring is 1. The minimum absolute atomic E-state index is 0.350. The van der Waals surface area contributed by atoms with Crippen molar-refractivity contribution in [2.45, 2.75) is 37.7 Å². The van der Waals surface area contributed by atoms with E-state index in [9.17, 15) is 5.11 Å². The van der Waals surface area contributed by atoms with Gasteiger partial charge in [0.1, 0.15) is 12.0 Å². The van der Waals surface area contributed by atoms with E-state index in [-0.39, 0.29) is 0 Å². The van der Waals surface area contributed by atoms with Gasteiger partial charge >= 0.3 is 0 Å². The first-order chi connectivity index (χ1) is 8.64. The zero-order valence-electron chi connectivity index (χ0n) is 10.6. The van der Waals surface area contributed by atoms with Crippen LogP contribution in [0.1, 0.15) is 32.1 Å². The molecule has 0 radical (unpaired) electrons. The monoisotopic (exact) mass is 252 g/mol. The predicted octanol–water partition coefficient (Wildman–Crippen LogP) is 1.17. The lowest BCUT2D eigenvalue weighted by Crippen LogP contribution is -2.39. The van der Waals surface area contributed by atoms with Gasteiger partial charge < -0.3 is 20.9 Å². The highest BCUT2D eigenvalue weighted by Gasteiger charge is 2.29. The van der Waals surface area contributed by atoms with Crippen molar-refractivity contribution in [3.8, 4) is 5.88 Å². The summed E-state index contributed by atoms with van der Waals surface area (Å²) in [6.45, 7) is 0.456. The molecule has 1 aromatic heterocycles. The highest BCUT2D eigenvalue weighted by Crippen LogP contribution is 2.30. The SMILES string of the molecule is COc1ncnc(NCC2(O)CCCCC2)c1N. The summed E-state index contributed by atoms with van der Waals surface area (Å²) >= 11 is 0. The number of nitrogens with two attached hydrogens (primary N) is 1. The van der Waals surface area contributed by atoms with Gasteiger partial charge in [-0.05, 0) is 12.8 Å². The Hall–Kier alpha value is -1.56. The fourth-order valence-electron chi connectivity index (χ4n) is 2.32. The van der Waals surface area contributed by atoms with Crippen LogP contribution in [0, 0.1) is 0 Å². The number of aromatic nitrogens is 2. The van der Waals surface area contributed by atoms with E-state index < -0.39 is 5.60 Å². The fraction of sp³-hybridized carbons (Fsp3) is 0.667. The van der Waals surface area contributed by atoms with E-state index in [0.717, 1.165) is 25.7 Å². The van der Waals surface area contributed by atoms with Crippen LogP contribution in [0.5, 0.6) is 5.88 Å². The van der Waals surface area contributed by atoms with Crippen molar-refractivity contribution in [3.63, 3.8) is 0 Å². The minimum atomic E-state index is -0.650. The summed E-state index contributed by atoms with van der Waals surface area (Å²) in [7, 11) is 1.51. The maximum absolute atomic E-state index is 10.4. The molecule has 0 spiro atoms. The lowest BCUT2D eigenvalue weighted by molar-refractivity contribution is 0.0166. The molecular formula is C12H20N4O2. The number of methoxy groups -OCH3 is 1. The molecule has 1 aliphatic carbocycles. The Labute approximate surface area is 107 Å². The third-order valence-electron chi connectivity index (χ3n) is 3.41. The molecule has 6 heteroatoms. The molecule has 0 atom stereocenters. The molecule has 18 heavy (non-hydrogen) atoms. The maximum atomic E-state index is 10.4. The molecule has 2 rings (SSSR count). The van der Waals surface area contributed by atoms with Gasteiger partial charge in [0.05, 0.1) is 12.7 Å². The topological polar surface area (TPSA) is 93.3 Å². The van der Waals surface area contributed by atoms with Crippen molar-refractivity contribution < 1.29 is 9.84 Å².